The van der Waals surface area contributed by atoms with Gasteiger partial charge in [0.1, 0.15) is 11.6 Å². The van der Waals surface area contributed by atoms with Crippen molar-refractivity contribution in [3.8, 4) is 5.82 Å². The van der Waals surface area contributed by atoms with E-state index in [0.717, 1.165) is 43.9 Å². The SMILES string of the molecule is CC(C)(C)c1nccc(-n2c3nc(Nc4ccc5c(c4)CCNC5)ccc3c(=O)n2C2CC2)n1. The van der Waals surface area contributed by atoms with E-state index in [1.54, 1.807) is 6.20 Å². The number of aromatic nitrogens is 5. The maximum absolute atomic E-state index is 13.3. The fourth-order valence-corrected chi connectivity index (χ4v) is 4.56. The first-order chi connectivity index (χ1) is 16.4. The van der Waals surface area contributed by atoms with Crippen molar-refractivity contribution in [2.45, 2.75) is 58.0 Å². The molecule has 4 heterocycles. The maximum atomic E-state index is 13.3. The van der Waals surface area contributed by atoms with Crippen molar-refractivity contribution < 1.29 is 0 Å². The summed E-state index contributed by atoms with van der Waals surface area (Å²) in [4.78, 5) is 27.6. The molecule has 3 aromatic heterocycles. The van der Waals surface area contributed by atoms with Gasteiger partial charge in [-0.25, -0.2) is 24.3 Å². The van der Waals surface area contributed by atoms with Crippen LogP contribution in [0.5, 0.6) is 0 Å². The summed E-state index contributed by atoms with van der Waals surface area (Å²) in [6.07, 6.45) is 4.76. The highest BCUT2D eigenvalue weighted by atomic mass is 16.1. The molecule has 1 aliphatic carbocycles. The molecule has 0 bridgehead atoms. The molecule has 2 aliphatic rings. The molecule has 0 atom stereocenters. The third-order valence-electron chi connectivity index (χ3n) is 6.52. The van der Waals surface area contributed by atoms with Crippen molar-refractivity contribution in [1.82, 2.24) is 29.6 Å². The van der Waals surface area contributed by atoms with Crippen LogP contribution in [0.2, 0.25) is 0 Å². The van der Waals surface area contributed by atoms with Gasteiger partial charge in [-0.05, 0) is 61.2 Å². The lowest BCUT2D eigenvalue weighted by atomic mass is 9.96. The number of hydrogen-bond donors (Lipinski definition) is 2. The van der Waals surface area contributed by atoms with Crippen LogP contribution in [0.3, 0.4) is 0 Å². The van der Waals surface area contributed by atoms with Crippen molar-refractivity contribution in [2.75, 3.05) is 11.9 Å². The van der Waals surface area contributed by atoms with Crippen molar-refractivity contribution in [3.63, 3.8) is 0 Å². The Morgan fingerprint density at radius 3 is 2.71 bits per heavy atom. The molecule has 2 N–H and O–H groups in total. The monoisotopic (exact) mass is 455 g/mol. The van der Waals surface area contributed by atoms with Crippen molar-refractivity contribution in [3.05, 3.63) is 69.9 Å². The minimum absolute atomic E-state index is 0.0197. The standard InChI is InChI=1S/C26H29N7O/c1-26(2,3)25-28-13-11-22(31-25)33-23-20(24(34)32(33)19-6-7-19)8-9-21(30-23)29-18-5-4-17-15-27-12-10-16(17)14-18/h4-5,8-9,11,13-14,19,27H,6-7,10,12,15H2,1-3H3,(H,29,30). The zero-order valence-electron chi connectivity index (χ0n) is 19.8. The smallest absolute Gasteiger partial charge is 0.276 e. The van der Waals surface area contributed by atoms with Crippen LogP contribution in [-0.2, 0) is 18.4 Å². The fourth-order valence-electron chi connectivity index (χ4n) is 4.56. The molecule has 0 radical (unpaired) electrons. The number of rotatable bonds is 4. The van der Waals surface area contributed by atoms with Gasteiger partial charge in [-0.2, -0.15) is 0 Å². The zero-order chi connectivity index (χ0) is 23.4. The molecular formula is C26H29N7O. The number of fused-ring (bicyclic) bond motifs is 2. The lowest BCUT2D eigenvalue weighted by Gasteiger charge is -2.18. The summed E-state index contributed by atoms with van der Waals surface area (Å²) >= 11 is 0. The van der Waals surface area contributed by atoms with E-state index in [2.05, 4.69) is 54.6 Å². The number of anilines is 2. The Morgan fingerprint density at radius 2 is 1.91 bits per heavy atom. The second kappa shape index (κ2) is 7.77. The summed E-state index contributed by atoms with van der Waals surface area (Å²) in [7, 11) is 0. The van der Waals surface area contributed by atoms with Crippen LogP contribution in [0.4, 0.5) is 11.5 Å². The number of nitrogens with zero attached hydrogens (tertiary/aromatic N) is 5. The third kappa shape index (κ3) is 3.68. The summed E-state index contributed by atoms with van der Waals surface area (Å²) in [5, 5.41) is 7.46. The van der Waals surface area contributed by atoms with Crippen LogP contribution < -0.4 is 16.2 Å². The van der Waals surface area contributed by atoms with E-state index in [1.807, 2.05) is 27.6 Å². The van der Waals surface area contributed by atoms with Crippen LogP contribution in [0.25, 0.3) is 16.9 Å². The number of nitrogens with one attached hydrogen (secondary N) is 2. The van der Waals surface area contributed by atoms with Gasteiger partial charge in [-0.1, -0.05) is 26.8 Å². The topological polar surface area (TPSA) is 89.7 Å². The lowest BCUT2D eigenvalue weighted by molar-refractivity contribution is 0.524. The Bertz CT molecular complexity index is 1460. The Balaban J connectivity index is 1.46. The molecule has 8 nitrogen and oxygen atoms in total. The van der Waals surface area contributed by atoms with E-state index in [1.165, 1.54) is 11.1 Å². The summed E-state index contributed by atoms with van der Waals surface area (Å²) < 4.78 is 3.71. The van der Waals surface area contributed by atoms with Gasteiger partial charge in [-0.3, -0.25) is 4.79 Å². The predicted molar refractivity (Wildman–Crippen MR) is 133 cm³/mol. The van der Waals surface area contributed by atoms with Crippen molar-refractivity contribution >= 4 is 22.5 Å². The Morgan fingerprint density at radius 1 is 1.06 bits per heavy atom. The molecule has 1 aromatic carbocycles. The molecule has 0 unspecified atom stereocenters. The van der Waals surface area contributed by atoms with Crippen LogP contribution in [-0.4, -0.2) is 30.9 Å². The van der Waals surface area contributed by atoms with Crippen LogP contribution in [0.1, 0.15) is 56.6 Å². The zero-order valence-corrected chi connectivity index (χ0v) is 19.8. The second-order valence-corrected chi connectivity index (χ2v) is 10.3. The number of benzene rings is 1. The highest BCUT2D eigenvalue weighted by molar-refractivity contribution is 5.79. The molecule has 1 saturated carbocycles. The Labute approximate surface area is 198 Å². The molecule has 8 heteroatoms. The van der Waals surface area contributed by atoms with Gasteiger partial charge in [0.2, 0.25) is 0 Å². The highest BCUT2D eigenvalue weighted by Crippen LogP contribution is 2.36. The first kappa shape index (κ1) is 21.0. The second-order valence-electron chi connectivity index (χ2n) is 10.3. The third-order valence-corrected chi connectivity index (χ3v) is 6.52. The van der Waals surface area contributed by atoms with Gasteiger partial charge in [0.25, 0.3) is 5.56 Å². The molecule has 6 rings (SSSR count). The van der Waals surface area contributed by atoms with Gasteiger partial charge in [0.15, 0.2) is 11.5 Å². The highest BCUT2D eigenvalue weighted by Gasteiger charge is 2.31. The Kier molecular flexibility index (Phi) is 4.81. The quantitative estimate of drug-likeness (QED) is 0.484. The van der Waals surface area contributed by atoms with Crippen LogP contribution in [0.15, 0.2) is 47.4 Å². The van der Waals surface area contributed by atoms with Crippen LogP contribution >= 0.6 is 0 Å². The molecule has 1 aliphatic heterocycles. The average molecular weight is 456 g/mol. The van der Waals surface area contributed by atoms with E-state index >= 15 is 0 Å². The molecule has 174 valence electrons. The molecule has 1 fully saturated rings. The number of hydrogen-bond acceptors (Lipinski definition) is 6. The van der Waals surface area contributed by atoms with Crippen LogP contribution in [0, 0.1) is 0 Å². The van der Waals surface area contributed by atoms with E-state index in [4.69, 9.17) is 9.97 Å². The largest absolute Gasteiger partial charge is 0.340 e. The predicted octanol–water partition coefficient (Wildman–Crippen LogP) is 4.00. The normalized spacial score (nSPS) is 16.0. The minimum Gasteiger partial charge on any atom is -0.340 e. The first-order valence-electron chi connectivity index (χ1n) is 12.0. The molecule has 34 heavy (non-hydrogen) atoms. The fraction of sp³-hybridized carbons (Fsp3) is 0.385. The van der Waals surface area contributed by atoms with E-state index < -0.39 is 0 Å². The average Bonchev–Trinajstić information content (AvgIpc) is 3.62. The maximum Gasteiger partial charge on any atom is 0.276 e. The summed E-state index contributed by atoms with van der Waals surface area (Å²) in [5.74, 6) is 2.11. The molecular weight excluding hydrogens is 426 g/mol. The van der Waals surface area contributed by atoms with Gasteiger partial charge in [-0.15, -0.1) is 0 Å². The van der Waals surface area contributed by atoms with Crippen molar-refractivity contribution in [2.24, 2.45) is 0 Å². The molecule has 0 spiro atoms. The lowest BCUT2D eigenvalue weighted by Crippen LogP contribution is -2.23. The summed E-state index contributed by atoms with van der Waals surface area (Å²) in [6.45, 7) is 8.17. The van der Waals surface area contributed by atoms with Gasteiger partial charge in [0, 0.05) is 29.9 Å². The van der Waals surface area contributed by atoms with Crippen molar-refractivity contribution in [1.29, 1.82) is 0 Å². The van der Waals surface area contributed by atoms with E-state index in [9.17, 15) is 4.79 Å². The van der Waals surface area contributed by atoms with Gasteiger partial charge < -0.3 is 10.6 Å². The van der Waals surface area contributed by atoms with E-state index in [-0.39, 0.29) is 17.0 Å². The summed E-state index contributed by atoms with van der Waals surface area (Å²) in [6, 6.07) is 12.2. The molecule has 4 aromatic rings. The molecule has 0 amide bonds. The first-order valence-corrected chi connectivity index (χ1v) is 12.0. The number of pyridine rings is 1. The minimum atomic E-state index is -0.203. The van der Waals surface area contributed by atoms with E-state index in [0.29, 0.717) is 22.7 Å². The molecule has 0 saturated heterocycles. The Hall–Kier alpha value is -3.52. The van der Waals surface area contributed by atoms with Gasteiger partial charge in [0.05, 0.1) is 11.4 Å². The van der Waals surface area contributed by atoms with Gasteiger partial charge >= 0.3 is 0 Å². The summed E-state index contributed by atoms with van der Waals surface area (Å²) in [5.41, 5.74) is 4.09.